The molecule has 1 aliphatic heterocycles. The molecule has 3 aromatic rings. The van der Waals surface area contributed by atoms with Crippen LogP contribution in [0.4, 0.5) is 0 Å². The zero-order valence-electron chi connectivity index (χ0n) is 12.8. The highest BCUT2D eigenvalue weighted by Gasteiger charge is 2.47. The van der Waals surface area contributed by atoms with Crippen molar-refractivity contribution in [3.8, 4) is 17.0 Å². The maximum Gasteiger partial charge on any atom is 0.258 e. The molecule has 2 aliphatic rings. The number of nitrogens with one attached hydrogen (secondary N) is 2. The number of aromatic nitrogens is 2. The summed E-state index contributed by atoms with van der Waals surface area (Å²) in [6.45, 7) is 0. The molecule has 4 nitrogen and oxygen atoms in total. The minimum absolute atomic E-state index is 0.164. The summed E-state index contributed by atoms with van der Waals surface area (Å²) in [6, 6.07) is 16.6. The average molecular weight is 334 g/mol. The number of benzene rings is 2. The largest absolute Gasteiger partial charge is 0.462 e. The van der Waals surface area contributed by atoms with E-state index in [9.17, 15) is 4.79 Å². The van der Waals surface area contributed by atoms with Crippen LogP contribution >= 0.6 is 12.2 Å². The van der Waals surface area contributed by atoms with Gasteiger partial charge in [-0.05, 0) is 29.8 Å². The Kier molecular flexibility index (Phi) is 2.68. The zero-order chi connectivity index (χ0) is 16.3. The Morgan fingerprint density at radius 3 is 2.25 bits per heavy atom. The Labute approximate surface area is 143 Å². The van der Waals surface area contributed by atoms with Crippen molar-refractivity contribution in [2.24, 2.45) is 0 Å². The van der Waals surface area contributed by atoms with Crippen molar-refractivity contribution in [3.05, 3.63) is 80.3 Å². The Bertz CT molecular complexity index is 1050. The molecule has 24 heavy (non-hydrogen) atoms. The standard InChI is InChI=1S/C19H14N2O2S/c22-16-13-9-10-19(23-17(13)21-18(24)20-16)14-7-3-1-5-11(14)12-6-2-4-8-15(12)19/h1-8H,9-10H2,(H2,20,21,22,24). The second-order valence-electron chi connectivity index (χ2n) is 6.24. The summed E-state index contributed by atoms with van der Waals surface area (Å²) in [4.78, 5) is 17.8. The normalized spacial score (nSPS) is 16.2. The summed E-state index contributed by atoms with van der Waals surface area (Å²) < 4.78 is 6.74. The highest BCUT2D eigenvalue weighted by atomic mass is 32.1. The molecule has 0 radical (unpaired) electrons. The third-order valence-corrected chi connectivity index (χ3v) is 5.22. The number of H-pyrrole nitrogens is 2. The number of rotatable bonds is 0. The molecule has 1 spiro atoms. The van der Waals surface area contributed by atoms with Crippen molar-refractivity contribution < 1.29 is 4.74 Å². The van der Waals surface area contributed by atoms with Crippen LogP contribution in [-0.2, 0) is 12.0 Å². The highest BCUT2D eigenvalue weighted by molar-refractivity contribution is 7.71. The number of aromatic amines is 2. The molecule has 0 atom stereocenters. The Hall–Kier alpha value is -2.66. The van der Waals surface area contributed by atoms with Crippen molar-refractivity contribution in [1.29, 1.82) is 0 Å². The van der Waals surface area contributed by atoms with E-state index in [1.165, 1.54) is 11.1 Å². The van der Waals surface area contributed by atoms with Gasteiger partial charge in [0.2, 0.25) is 5.88 Å². The van der Waals surface area contributed by atoms with Gasteiger partial charge in [-0.25, -0.2) is 0 Å². The van der Waals surface area contributed by atoms with E-state index >= 15 is 0 Å². The quantitative estimate of drug-likeness (QED) is 0.617. The number of ether oxygens (including phenoxy) is 1. The first-order valence-electron chi connectivity index (χ1n) is 7.93. The Morgan fingerprint density at radius 2 is 1.58 bits per heavy atom. The lowest BCUT2D eigenvalue weighted by Crippen LogP contribution is -2.38. The lowest BCUT2D eigenvalue weighted by atomic mass is 9.84. The molecule has 0 saturated heterocycles. The van der Waals surface area contributed by atoms with E-state index in [0.29, 0.717) is 17.9 Å². The fourth-order valence-corrected chi connectivity index (χ4v) is 4.18. The van der Waals surface area contributed by atoms with Crippen LogP contribution in [0.5, 0.6) is 5.88 Å². The Morgan fingerprint density at radius 1 is 0.958 bits per heavy atom. The molecular formula is C19H14N2O2S. The van der Waals surface area contributed by atoms with Gasteiger partial charge in [-0.1, -0.05) is 48.5 Å². The van der Waals surface area contributed by atoms with Gasteiger partial charge in [0.05, 0.1) is 5.56 Å². The first-order valence-corrected chi connectivity index (χ1v) is 8.34. The average Bonchev–Trinajstić information content (AvgIpc) is 2.86. The number of fused-ring (bicyclic) bond motifs is 6. The minimum atomic E-state index is -0.563. The summed E-state index contributed by atoms with van der Waals surface area (Å²) in [7, 11) is 0. The van der Waals surface area contributed by atoms with E-state index in [1.54, 1.807) is 0 Å². The van der Waals surface area contributed by atoms with Crippen LogP contribution in [0.25, 0.3) is 11.1 Å². The molecule has 118 valence electrons. The van der Waals surface area contributed by atoms with Gasteiger partial charge in [-0.2, -0.15) is 0 Å². The molecule has 1 aliphatic carbocycles. The molecule has 0 fully saturated rings. The molecule has 0 bridgehead atoms. The molecule has 5 rings (SSSR count). The molecule has 1 aromatic heterocycles. The SMILES string of the molecule is O=c1[nH]c(=S)[nH]c2c1CCC1(O2)c2ccccc2-c2ccccc21. The molecule has 0 unspecified atom stereocenters. The smallest absolute Gasteiger partial charge is 0.258 e. The van der Waals surface area contributed by atoms with Crippen LogP contribution in [0.3, 0.4) is 0 Å². The van der Waals surface area contributed by atoms with E-state index in [0.717, 1.165) is 17.5 Å². The monoisotopic (exact) mass is 334 g/mol. The van der Waals surface area contributed by atoms with Crippen molar-refractivity contribution in [2.75, 3.05) is 0 Å². The van der Waals surface area contributed by atoms with Gasteiger partial charge in [0.1, 0.15) is 0 Å². The van der Waals surface area contributed by atoms with Crippen molar-refractivity contribution in [2.45, 2.75) is 18.4 Å². The van der Waals surface area contributed by atoms with Crippen molar-refractivity contribution >= 4 is 12.2 Å². The van der Waals surface area contributed by atoms with Gasteiger partial charge in [-0.15, -0.1) is 0 Å². The van der Waals surface area contributed by atoms with Gasteiger partial charge in [0, 0.05) is 17.5 Å². The summed E-state index contributed by atoms with van der Waals surface area (Å²) in [5.41, 5.74) is 4.60. The number of hydrogen-bond donors (Lipinski definition) is 2. The summed E-state index contributed by atoms with van der Waals surface area (Å²) in [5.74, 6) is 0.488. The third-order valence-electron chi connectivity index (χ3n) is 5.02. The summed E-state index contributed by atoms with van der Waals surface area (Å²) in [5, 5.41) is 0. The van der Waals surface area contributed by atoms with Crippen LogP contribution in [-0.4, -0.2) is 9.97 Å². The fraction of sp³-hybridized carbons (Fsp3) is 0.158. The maximum atomic E-state index is 12.2. The third kappa shape index (κ3) is 1.67. The maximum absolute atomic E-state index is 12.2. The van der Waals surface area contributed by atoms with Gasteiger partial charge in [0.25, 0.3) is 5.56 Å². The van der Waals surface area contributed by atoms with E-state index in [2.05, 4.69) is 34.2 Å². The van der Waals surface area contributed by atoms with Crippen LogP contribution in [0.15, 0.2) is 53.3 Å². The first-order chi connectivity index (χ1) is 11.7. The van der Waals surface area contributed by atoms with E-state index < -0.39 is 5.60 Å². The first kappa shape index (κ1) is 13.7. The van der Waals surface area contributed by atoms with Crippen molar-refractivity contribution in [3.63, 3.8) is 0 Å². The van der Waals surface area contributed by atoms with E-state index in [1.807, 2.05) is 24.3 Å². The van der Waals surface area contributed by atoms with Crippen molar-refractivity contribution in [1.82, 2.24) is 9.97 Å². The van der Waals surface area contributed by atoms with Crippen LogP contribution in [0.2, 0.25) is 0 Å². The van der Waals surface area contributed by atoms with E-state index in [4.69, 9.17) is 17.0 Å². The second kappa shape index (κ2) is 4.68. The van der Waals surface area contributed by atoms with Gasteiger partial charge >= 0.3 is 0 Å². The highest BCUT2D eigenvalue weighted by Crippen LogP contribution is 2.53. The molecule has 0 saturated carbocycles. The summed E-state index contributed by atoms with van der Waals surface area (Å²) in [6.07, 6.45) is 1.36. The van der Waals surface area contributed by atoms with Gasteiger partial charge in [0.15, 0.2) is 10.4 Å². The lowest BCUT2D eigenvalue weighted by Gasteiger charge is -2.36. The predicted molar refractivity (Wildman–Crippen MR) is 93.9 cm³/mol. The summed E-state index contributed by atoms with van der Waals surface area (Å²) >= 11 is 5.11. The lowest BCUT2D eigenvalue weighted by molar-refractivity contribution is 0.0819. The molecule has 2 N–H and O–H groups in total. The Balaban J connectivity index is 1.80. The topological polar surface area (TPSA) is 57.9 Å². The molecule has 5 heteroatoms. The molecule has 0 amide bonds. The van der Waals surface area contributed by atoms with Gasteiger partial charge < -0.3 is 9.72 Å². The second-order valence-corrected chi connectivity index (χ2v) is 6.64. The van der Waals surface area contributed by atoms with Crippen LogP contribution in [0.1, 0.15) is 23.1 Å². The number of hydrogen-bond acceptors (Lipinski definition) is 3. The molecule has 2 aromatic carbocycles. The molecular weight excluding hydrogens is 320 g/mol. The fourth-order valence-electron chi connectivity index (χ4n) is 4.00. The molecule has 2 heterocycles. The predicted octanol–water partition coefficient (Wildman–Crippen LogP) is 3.68. The van der Waals surface area contributed by atoms with Crippen LogP contribution in [0, 0.1) is 4.77 Å². The zero-order valence-corrected chi connectivity index (χ0v) is 13.6. The van der Waals surface area contributed by atoms with Crippen LogP contribution < -0.4 is 10.3 Å². The van der Waals surface area contributed by atoms with E-state index in [-0.39, 0.29) is 10.3 Å². The minimum Gasteiger partial charge on any atom is -0.462 e. The van der Waals surface area contributed by atoms with Gasteiger partial charge in [-0.3, -0.25) is 9.78 Å².